The van der Waals surface area contributed by atoms with Crippen molar-refractivity contribution in [3.63, 3.8) is 0 Å². The molecule has 0 aliphatic carbocycles. The molecule has 1 heterocycles. The highest BCUT2D eigenvalue weighted by molar-refractivity contribution is 5.84. The Kier molecular flexibility index (Phi) is 9.46. The van der Waals surface area contributed by atoms with Gasteiger partial charge in [0, 0.05) is 23.4 Å². The molecule has 3 aromatic rings. The van der Waals surface area contributed by atoms with Crippen LogP contribution in [0.3, 0.4) is 0 Å². The van der Waals surface area contributed by atoms with E-state index in [9.17, 15) is 9.59 Å². The number of aromatic nitrogens is 1. The van der Waals surface area contributed by atoms with Gasteiger partial charge in [0.2, 0.25) is 5.91 Å². The van der Waals surface area contributed by atoms with Gasteiger partial charge in [0.05, 0.1) is 25.3 Å². The van der Waals surface area contributed by atoms with E-state index in [1.165, 1.54) is 18.2 Å². The molecule has 6 nitrogen and oxygen atoms in total. The van der Waals surface area contributed by atoms with Crippen LogP contribution in [0, 0.1) is 25.2 Å². The molecule has 2 aromatic carbocycles. The molecule has 0 saturated carbocycles. The molecule has 0 saturated heterocycles. The molecule has 1 aromatic heterocycles. The van der Waals surface area contributed by atoms with Crippen molar-refractivity contribution < 1.29 is 14.3 Å². The number of nitrogens with one attached hydrogen (secondary N) is 1. The number of aryl methyl sites for hydroxylation is 3. The molecule has 1 atom stereocenters. The van der Waals surface area contributed by atoms with Gasteiger partial charge in [-0.1, -0.05) is 55.7 Å². The number of hydrogen-bond donors (Lipinski definition) is 1. The molecule has 1 amide bonds. The minimum atomic E-state index is -0.618. The zero-order valence-electron chi connectivity index (χ0n) is 21.6. The van der Waals surface area contributed by atoms with Crippen LogP contribution in [-0.2, 0) is 27.2 Å². The summed E-state index contributed by atoms with van der Waals surface area (Å²) >= 11 is 0. The topological polar surface area (TPSA) is 84.1 Å². The number of ether oxygens (including phenoxy) is 1. The molecular formula is C30H35N3O3. The maximum absolute atomic E-state index is 12.8. The number of carbonyl (C=O) groups is 2. The van der Waals surface area contributed by atoms with Gasteiger partial charge in [-0.2, -0.15) is 5.26 Å². The average molecular weight is 486 g/mol. The first-order valence-electron chi connectivity index (χ1n) is 12.5. The molecule has 0 radical (unpaired) electrons. The first kappa shape index (κ1) is 26.7. The first-order valence-corrected chi connectivity index (χ1v) is 12.5. The highest BCUT2D eigenvalue weighted by Crippen LogP contribution is 2.30. The maximum Gasteiger partial charge on any atom is 0.328 e. The zero-order valence-corrected chi connectivity index (χ0v) is 21.6. The Morgan fingerprint density at radius 2 is 1.83 bits per heavy atom. The first-order chi connectivity index (χ1) is 17.4. The van der Waals surface area contributed by atoms with Gasteiger partial charge in [0.15, 0.2) is 0 Å². The summed E-state index contributed by atoms with van der Waals surface area (Å²) in [6.07, 6.45) is 3.47. The summed E-state index contributed by atoms with van der Waals surface area (Å²) in [4.78, 5) is 24.9. The second-order valence-corrected chi connectivity index (χ2v) is 9.15. The van der Waals surface area contributed by atoms with Gasteiger partial charge in [-0.25, -0.2) is 4.79 Å². The van der Waals surface area contributed by atoms with E-state index in [0.717, 1.165) is 41.0 Å². The van der Waals surface area contributed by atoms with Crippen molar-refractivity contribution in [1.29, 1.82) is 5.26 Å². The van der Waals surface area contributed by atoms with Crippen molar-refractivity contribution >= 4 is 11.9 Å². The fourth-order valence-electron chi connectivity index (χ4n) is 4.45. The highest BCUT2D eigenvalue weighted by Gasteiger charge is 2.21. The Hall–Kier alpha value is -3.85. The number of nitriles is 1. The van der Waals surface area contributed by atoms with E-state index in [1.54, 1.807) is 0 Å². The van der Waals surface area contributed by atoms with Gasteiger partial charge in [-0.3, -0.25) is 4.79 Å². The molecule has 0 fully saturated rings. The molecule has 6 heteroatoms. The van der Waals surface area contributed by atoms with Crippen molar-refractivity contribution in [3.8, 4) is 23.0 Å². The predicted molar refractivity (Wildman–Crippen MR) is 142 cm³/mol. The number of nitrogens with zero attached hydrogens (tertiary/aromatic N) is 2. The summed E-state index contributed by atoms with van der Waals surface area (Å²) in [5, 5.41) is 11.9. The lowest BCUT2D eigenvalue weighted by Gasteiger charge is -2.18. The minimum absolute atomic E-state index is 0.174. The number of esters is 1. The third-order valence-electron chi connectivity index (χ3n) is 6.37. The van der Waals surface area contributed by atoms with Gasteiger partial charge < -0.3 is 14.6 Å². The monoisotopic (exact) mass is 485 g/mol. The molecule has 1 unspecified atom stereocenters. The summed E-state index contributed by atoms with van der Waals surface area (Å²) in [5.41, 5.74) is 7.49. The van der Waals surface area contributed by atoms with E-state index in [2.05, 4.69) is 60.1 Å². The molecule has 0 spiro atoms. The summed E-state index contributed by atoms with van der Waals surface area (Å²) in [6.45, 7) is 6.23. The smallest absolute Gasteiger partial charge is 0.328 e. The number of rotatable bonds is 11. The maximum atomic E-state index is 12.8. The highest BCUT2D eigenvalue weighted by atomic mass is 16.5. The number of benzene rings is 2. The minimum Gasteiger partial charge on any atom is -0.467 e. The van der Waals surface area contributed by atoms with Crippen molar-refractivity contribution in [2.45, 2.75) is 65.3 Å². The predicted octanol–water partition coefficient (Wildman–Crippen LogP) is 5.61. The molecule has 188 valence electrons. The van der Waals surface area contributed by atoms with Crippen molar-refractivity contribution in [2.75, 3.05) is 7.11 Å². The van der Waals surface area contributed by atoms with Crippen LogP contribution in [0.15, 0.2) is 54.6 Å². The molecule has 1 N–H and O–H groups in total. The van der Waals surface area contributed by atoms with E-state index in [-0.39, 0.29) is 12.3 Å². The summed E-state index contributed by atoms with van der Waals surface area (Å²) in [7, 11) is 1.34. The van der Waals surface area contributed by atoms with E-state index in [4.69, 9.17) is 10.00 Å². The van der Waals surface area contributed by atoms with Crippen LogP contribution >= 0.6 is 0 Å². The third kappa shape index (κ3) is 6.63. The Morgan fingerprint density at radius 3 is 2.47 bits per heavy atom. The van der Waals surface area contributed by atoms with Crippen molar-refractivity contribution in [3.05, 3.63) is 77.0 Å². The van der Waals surface area contributed by atoms with Crippen molar-refractivity contribution in [2.24, 2.45) is 0 Å². The number of carbonyl (C=O) groups excluding carboxylic acids is 2. The summed E-state index contributed by atoms with van der Waals surface area (Å²) in [5.74, 6) is -0.582. The van der Waals surface area contributed by atoms with E-state index < -0.39 is 12.0 Å². The Balaban J connectivity index is 1.89. The van der Waals surface area contributed by atoms with Gasteiger partial charge in [-0.15, -0.1) is 0 Å². The van der Waals surface area contributed by atoms with Gasteiger partial charge in [-0.05, 0) is 62.1 Å². The van der Waals surface area contributed by atoms with E-state index in [1.807, 2.05) is 31.2 Å². The van der Waals surface area contributed by atoms with Gasteiger partial charge in [0.1, 0.15) is 6.04 Å². The standard InChI is InChI=1S/C30H35N3O3/c1-5-6-7-27(30(35)36-4)32-29(34)17-14-25-13-16-28(26-15-8-21(2)20-22(26)3)33(25)24-11-9-23(10-12-24)18-19-31/h8-13,15-16,20,27H,5-7,14,17-18H2,1-4H3,(H,32,34). The molecule has 0 bridgehead atoms. The Labute approximate surface area is 213 Å². The van der Waals surface area contributed by atoms with Gasteiger partial charge >= 0.3 is 5.97 Å². The van der Waals surface area contributed by atoms with Crippen LogP contribution in [0.25, 0.3) is 16.9 Å². The number of hydrogen-bond acceptors (Lipinski definition) is 4. The number of unbranched alkanes of at least 4 members (excludes halogenated alkanes) is 1. The largest absolute Gasteiger partial charge is 0.467 e. The second-order valence-electron chi connectivity index (χ2n) is 9.15. The number of amides is 1. The summed E-state index contributed by atoms with van der Waals surface area (Å²) in [6, 6.07) is 20.1. The van der Waals surface area contributed by atoms with Crippen LogP contribution in [0.5, 0.6) is 0 Å². The van der Waals surface area contributed by atoms with Crippen LogP contribution in [0.4, 0.5) is 0 Å². The molecule has 0 aliphatic heterocycles. The Morgan fingerprint density at radius 1 is 1.08 bits per heavy atom. The molecular weight excluding hydrogens is 450 g/mol. The summed E-state index contributed by atoms with van der Waals surface area (Å²) < 4.78 is 7.05. The third-order valence-corrected chi connectivity index (χ3v) is 6.37. The van der Waals surface area contributed by atoms with Crippen LogP contribution in [0.2, 0.25) is 0 Å². The normalized spacial score (nSPS) is 11.5. The van der Waals surface area contributed by atoms with E-state index in [0.29, 0.717) is 19.3 Å². The lowest BCUT2D eigenvalue weighted by molar-refractivity contribution is -0.145. The van der Waals surface area contributed by atoms with Crippen molar-refractivity contribution in [1.82, 2.24) is 9.88 Å². The van der Waals surface area contributed by atoms with Gasteiger partial charge in [0.25, 0.3) is 0 Å². The molecule has 0 aliphatic rings. The Bertz CT molecular complexity index is 1240. The quantitative estimate of drug-likeness (QED) is 0.358. The zero-order chi connectivity index (χ0) is 26.1. The fourth-order valence-corrected chi connectivity index (χ4v) is 4.45. The number of methoxy groups -OCH3 is 1. The lowest BCUT2D eigenvalue weighted by atomic mass is 10.0. The second kappa shape index (κ2) is 12.7. The van der Waals surface area contributed by atoms with E-state index >= 15 is 0 Å². The van der Waals surface area contributed by atoms with Crippen LogP contribution in [-0.4, -0.2) is 29.6 Å². The lowest BCUT2D eigenvalue weighted by Crippen LogP contribution is -2.41. The fraction of sp³-hybridized carbons (Fsp3) is 0.367. The SMILES string of the molecule is CCCCC(NC(=O)CCc1ccc(-c2ccc(C)cc2C)n1-c1ccc(CC#N)cc1)C(=O)OC. The average Bonchev–Trinajstić information content (AvgIpc) is 3.29. The molecule has 3 rings (SSSR count). The van der Waals surface area contributed by atoms with Crippen LogP contribution in [0.1, 0.15) is 55.0 Å². The molecule has 36 heavy (non-hydrogen) atoms. The van der Waals surface area contributed by atoms with Crippen LogP contribution < -0.4 is 5.32 Å².